The Balaban J connectivity index is -0.000000316. The zero-order chi connectivity index (χ0) is 14.2. The summed E-state index contributed by atoms with van der Waals surface area (Å²) in [6, 6.07) is 8.75. The average Bonchev–Trinajstić information content (AvgIpc) is 2.27. The van der Waals surface area contributed by atoms with Crippen LogP contribution in [0, 0.1) is 0 Å². The van der Waals surface area contributed by atoms with E-state index in [0.29, 0.717) is 11.0 Å². The molecule has 0 aliphatic carbocycles. The Morgan fingerprint density at radius 2 is 1.60 bits per heavy atom. The van der Waals surface area contributed by atoms with Crippen molar-refractivity contribution in [2.24, 2.45) is 0 Å². The van der Waals surface area contributed by atoms with Crippen molar-refractivity contribution in [3.8, 4) is 0 Å². The molecule has 0 amide bonds. The first kappa shape index (κ1) is 25.3. The van der Waals surface area contributed by atoms with Crippen LogP contribution in [0.15, 0.2) is 47.4 Å². The van der Waals surface area contributed by atoms with E-state index in [1.807, 2.05) is 6.07 Å². The summed E-state index contributed by atoms with van der Waals surface area (Å²) in [5.74, 6) is -1.42. The number of carboxylic acids is 1. The van der Waals surface area contributed by atoms with Gasteiger partial charge < -0.3 is 14.5 Å². The van der Waals surface area contributed by atoms with Crippen LogP contribution in [0.2, 0.25) is 0 Å². The van der Waals surface area contributed by atoms with Crippen LogP contribution in [0.5, 0.6) is 0 Å². The maximum absolute atomic E-state index is 10.2. The first-order chi connectivity index (χ1) is 8.22. The summed E-state index contributed by atoms with van der Waals surface area (Å²) in [4.78, 5) is 9.36. The molecule has 0 unspecified atom stereocenters. The maximum atomic E-state index is 10.2. The molecule has 1 rings (SSSR count). The van der Waals surface area contributed by atoms with Gasteiger partial charge in [0.15, 0.2) is 0 Å². The molecule has 0 saturated carbocycles. The van der Waals surface area contributed by atoms with Gasteiger partial charge in [0.1, 0.15) is 10.1 Å². The smallest absolute Gasteiger partial charge is 0.744 e. The Morgan fingerprint density at radius 1 is 1.20 bits per heavy atom. The van der Waals surface area contributed by atoms with Gasteiger partial charge in [-0.05, 0) is 11.6 Å². The van der Waals surface area contributed by atoms with Gasteiger partial charge in [-0.1, -0.05) is 48.5 Å². The van der Waals surface area contributed by atoms with Gasteiger partial charge in [0, 0.05) is 5.41 Å². The van der Waals surface area contributed by atoms with Crippen LogP contribution in [0.3, 0.4) is 0 Å². The molecule has 0 aliphatic heterocycles. The number of rotatable bonds is 3. The molecule has 0 spiro atoms. The molecule has 0 aromatic heterocycles. The van der Waals surface area contributed by atoms with E-state index in [-0.39, 0.29) is 59.1 Å². The van der Waals surface area contributed by atoms with E-state index in [1.165, 1.54) is 6.08 Å². The molecule has 0 saturated heterocycles. The van der Waals surface area contributed by atoms with E-state index >= 15 is 0 Å². The minimum absolute atomic E-state index is 0. The van der Waals surface area contributed by atoms with Gasteiger partial charge in [-0.3, -0.25) is 0 Å². The zero-order valence-corrected chi connectivity index (χ0v) is 16.6. The molecule has 9 heteroatoms. The summed E-state index contributed by atoms with van der Waals surface area (Å²) >= 11 is 4.76. The molecule has 98 valence electrons. The fourth-order valence-electron chi connectivity index (χ4n) is 0.726. The van der Waals surface area contributed by atoms with Crippen LogP contribution in [0.1, 0.15) is 5.56 Å². The summed E-state index contributed by atoms with van der Waals surface area (Å²) in [6.45, 7) is 2.86. The summed E-state index contributed by atoms with van der Waals surface area (Å²) in [5, 5.41) is 9.53. The molecule has 20 heavy (non-hydrogen) atoms. The maximum Gasteiger partial charge on any atom is 1.00 e. The first-order valence-corrected chi connectivity index (χ1v) is 6.32. The molecule has 0 radical (unpaired) electrons. The van der Waals surface area contributed by atoms with Crippen LogP contribution in [-0.4, -0.2) is 18.9 Å². The number of aliphatic carboxylic acids is 1. The van der Waals surface area contributed by atoms with Gasteiger partial charge in [-0.25, -0.2) is 8.42 Å². The average molecular weight is 335 g/mol. The minimum atomic E-state index is -4.25. The Morgan fingerprint density at radius 3 is 1.90 bits per heavy atom. The molecule has 0 heterocycles. The molecule has 1 aromatic rings. The zero-order valence-electron chi connectivity index (χ0n) is 11.1. The van der Waals surface area contributed by atoms with Crippen molar-refractivity contribution in [2.75, 3.05) is 0 Å². The van der Waals surface area contributed by atoms with E-state index in [0.717, 1.165) is 0 Å². The molecule has 0 aliphatic rings. The van der Waals surface area contributed by atoms with Crippen molar-refractivity contribution in [2.45, 2.75) is 0 Å². The van der Waals surface area contributed by atoms with Crippen molar-refractivity contribution in [1.29, 1.82) is 0 Å². The van der Waals surface area contributed by atoms with Crippen molar-refractivity contribution in [1.82, 2.24) is 0 Å². The number of benzene rings is 1. The number of carbonyl (C=O) groups excluding carboxylic acids is 1. The Bertz CT molecular complexity index is 531. The molecule has 0 N–H and O–H groups in total. The monoisotopic (exact) mass is 334 g/mol. The summed E-state index contributed by atoms with van der Waals surface area (Å²) < 4.78 is 30.5. The van der Waals surface area contributed by atoms with Crippen molar-refractivity contribution in [3.05, 3.63) is 52.9 Å². The predicted octanol–water partition coefficient (Wildman–Crippen LogP) is -5.30. The molecule has 0 fully saturated rings. The van der Waals surface area contributed by atoms with E-state index in [1.54, 1.807) is 24.3 Å². The fraction of sp³-hybridized carbons (Fsp3) is 0. The quantitative estimate of drug-likeness (QED) is 0.312. The molecular formula is C11H9ClNa2O5S. The Labute approximate surface area is 167 Å². The third kappa shape index (κ3) is 16.4. The normalized spacial score (nSPS) is 9.50. The van der Waals surface area contributed by atoms with Crippen molar-refractivity contribution in [3.63, 3.8) is 0 Å². The third-order valence-corrected chi connectivity index (χ3v) is 2.07. The van der Waals surface area contributed by atoms with Crippen LogP contribution in [0.4, 0.5) is 0 Å². The van der Waals surface area contributed by atoms with Gasteiger partial charge in [0.05, 0.1) is 11.0 Å². The summed E-state index contributed by atoms with van der Waals surface area (Å²) in [6.07, 6.45) is 1.27. The van der Waals surface area contributed by atoms with Gasteiger partial charge >= 0.3 is 59.1 Å². The molecule has 1 aromatic carbocycles. The van der Waals surface area contributed by atoms with Crippen molar-refractivity contribution >= 4 is 33.8 Å². The summed E-state index contributed by atoms with van der Waals surface area (Å²) in [5.41, 5.74) is 0.692. The van der Waals surface area contributed by atoms with E-state index in [4.69, 9.17) is 11.6 Å². The molecule has 0 atom stereocenters. The van der Waals surface area contributed by atoms with Crippen LogP contribution in [-0.2, 0) is 14.9 Å². The Kier molecular flexibility index (Phi) is 16.5. The first-order valence-electron chi connectivity index (χ1n) is 4.47. The number of hydrogen-bond donors (Lipinski definition) is 0. The topological polar surface area (TPSA) is 97.3 Å². The number of hydrogen-bond acceptors (Lipinski definition) is 5. The second-order valence-electron chi connectivity index (χ2n) is 2.90. The van der Waals surface area contributed by atoms with Gasteiger partial charge in [-0.15, -0.1) is 0 Å². The van der Waals surface area contributed by atoms with Crippen LogP contribution >= 0.6 is 11.6 Å². The van der Waals surface area contributed by atoms with Gasteiger partial charge in [0.25, 0.3) is 0 Å². The fourth-order valence-corrected chi connectivity index (χ4v) is 1.05. The summed E-state index contributed by atoms with van der Waals surface area (Å²) in [7, 11) is -4.25. The van der Waals surface area contributed by atoms with E-state index in [2.05, 4.69) is 6.58 Å². The number of halogens is 1. The van der Waals surface area contributed by atoms with E-state index in [9.17, 15) is 22.9 Å². The number of carboxylic acid groups (broad SMARTS) is 1. The Hall–Kier alpha value is 0.370. The SMILES string of the molecule is C=C(Cl)C(=O)[O-].O=S(=O)([O-])C=Cc1ccccc1.[Na+].[Na+]. The minimum Gasteiger partial charge on any atom is -0.744 e. The third-order valence-electron chi connectivity index (χ3n) is 1.45. The van der Waals surface area contributed by atoms with Crippen LogP contribution < -0.4 is 64.2 Å². The molecular weight excluding hydrogens is 326 g/mol. The second-order valence-corrected chi connectivity index (χ2v) is 4.61. The van der Waals surface area contributed by atoms with Gasteiger partial charge in [0.2, 0.25) is 0 Å². The molecule has 0 bridgehead atoms. The van der Waals surface area contributed by atoms with E-state index < -0.39 is 21.1 Å². The largest absolute Gasteiger partial charge is 1.00 e. The molecule has 5 nitrogen and oxygen atoms in total. The number of carbonyl (C=O) groups is 1. The van der Waals surface area contributed by atoms with Crippen LogP contribution in [0.25, 0.3) is 6.08 Å². The second kappa shape index (κ2) is 13.1. The van der Waals surface area contributed by atoms with Gasteiger partial charge in [-0.2, -0.15) is 0 Å². The standard InChI is InChI=1S/C8H8O3S.C3H3ClO2.2Na/c9-12(10,11)7-6-8-4-2-1-3-5-8;1-2(4)3(5)6;;/h1-7H,(H,9,10,11);1H2,(H,5,6);;/q;;2*+1/p-2. The predicted molar refractivity (Wildman–Crippen MR) is 65.2 cm³/mol. The van der Waals surface area contributed by atoms with Crippen molar-refractivity contribution < 1.29 is 82.0 Å².